The number of carbonyl (C=O) groups is 2. The van der Waals surface area contributed by atoms with Gasteiger partial charge >= 0.3 is 11.9 Å². The molecule has 0 aromatic carbocycles. The fourth-order valence-corrected chi connectivity index (χ4v) is 6.35. The number of aliphatic hydroxyl groups excluding tert-OH is 3. The molecule has 1 fully saturated rings. The number of unbranched alkanes of at least 4 members (excludes halogenated alkanes) is 10. The minimum Gasteiger partial charge on any atom is -0.462 e. The van der Waals surface area contributed by atoms with E-state index in [-0.39, 0.29) is 19.4 Å². The van der Waals surface area contributed by atoms with Crippen molar-refractivity contribution in [2.45, 2.75) is 173 Å². The number of rotatable bonds is 32. The molecule has 1 saturated heterocycles. The van der Waals surface area contributed by atoms with Crippen LogP contribution in [0.2, 0.25) is 0 Å². The Hall–Kier alpha value is -2.65. The first kappa shape index (κ1) is 50.4. The van der Waals surface area contributed by atoms with Gasteiger partial charge in [-0.1, -0.05) is 107 Å². The highest BCUT2D eigenvalue weighted by atomic mass is 32.2. The first-order valence-electron chi connectivity index (χ1n) is 20.3. The average Bonchev–Trinajstić information content (AvgIpc) is 3.14. The van der Waals surface area contributed by atoms with Crippen LogP contribution in [0.1, 0.15) is 136 Å². The fourth-order valence-electron chi connectivity index (χ4n) is 5.66. The lowest BCUT2D eigenvalue weighted by molar-refractivity contribution is -0.297. The second-order valence-corrected chi connectivity index (χ2v) is 15.4. The number of carbonyl (C=O) groups excluding carboxylic acids is 2. The van der Waals surface area contributed by atoms with Gasteiger partial charge in [-0.05, 0) is 77.0 Å². The molecule has 0 aromatic heterocycles. The van der Waals surface area contributed by atoms with Crippen LogP contribution in [-0.2, 0) is 38.7 Å². The van der Waals surface area contributed by atoms with Crippen LogP contribution in [-0.4, -0.2) is 96.0 Å². The molecule has 0 radical (unpaired) electrons. The summed E-state index contributed by atoms with van der Waals surface area (Å²) in [4.78, 5) is 25.3. The van der Waals surface area contributed by atoms with Crippen LogP contribution in [0.5, 0.6) is 0 Å². The number of ether oxygens (including phenoxy) is 4. The highest BCUT2D eigenvalue weighted by molar-refractivity contribution is 7.85. The number of allylic oxidation sites excluding steroid dienone is 10. The zero-order valence-corrected chi connectivity index (χ0v) is 34.1. The Morgan fingerprint density at radius 3 is 1.76 bits per heavy atom. The number of esters is 2. The van der Waals surface area contributed by atoms with E-state index in [2.05, 4.69) is 74.6 Å². The van der Waals surface area contributed by atoms with Crippen molar-refractivity contribution < 1.29 is 56.8 Å². The van der Waals surface area contributed by atoms with Gasteiger partial charge < -0.3 is 34.3 Å². The Balaban J connectivity index is 2.55. The Bertz CT molecular complexity index is 1260. The summed E-state index contributed by atoms with van der Waals surface area (Å²) in [7, 11) is -4.61. The monoisotopic (exact) mass is 798 g/mol. The molecule has 0 aromatic rings. The molecule has 1 aliphatic heterocycles. The standard InChI is InChI=1S/C42H70O12S/c1-3-5-7-9-11-13-15-17-18-19-21-23-25-27-29-31-38(44)53-35(33-52-42-41(47)40(46)39(45)36(54-42)34-55(48,49)50)32-51-37(43)30-28-26-24-22-20-16-14-12-10-8-6-4-2/h5,7,11-14,17-18,21,23,35-36,39-42,45-47H,3-4,6,8-10,15-16,19-20,22,24-34H2,1-2H3,(H,48,49,50)/b7-5-,13-11-,14-12-,18-17-,23-21-. The zero-order valence-electron chi connectivity index (χ0n) is 33.3. The molecule has 13 heteroatoms. The van der Waals surface area contributed by atoms with E-state index in [0.717, 1.165) is 77.0 Å². The molecule has 6 atom stereocenters. The van der Waals surface area contributed by atoms with Crippen LogP contribution >= 0.6 is 0 Å². The van der Waals surface area contributed by atoms with Crippen molar-refractivity contribution in [1.29, 1.82) is 0 Å². The molecule has 55 heavy (non-hydrogen) atoms. The predicted octanol–water partition coefficient (Wildman–Crippen LogP) is 7.39. The van der Waals surface area contributed by atoms with Crippen LogP contribution in [0.4, 0.5) is 0 Å². The first-order valence-corrected chi connectivity index (χ1v) is 22.0. The third-order valence-electron chi connectivity index (χ3n) is 8.83. The van der Waals surface area contributed by atoms with E-state index >= 15 is 0 Å². The summed E-state index contributed by atoms with van der Waals surface area (Å²) in [6.07, 6.45) is 28.5. The summed E-state index contributed by atoms with van der Waals surface area (Å²) in [5.74, 6) is -2.06. The molecule has 4 N–H and O–H groups in total. The molecule has 1 rings (SSSR count). The number of hydrogen-bond acceptors (Lipinski definition) is 11. The van der Waals surface area contributed by atoms with Gasteiger partial charge in [0.2, 0.25) is 0 Å². The summed E-state index contributed by atoms with van der Waals surface area (Å²) >= 11 is 0. The molecule has 1 aliphatic rings. The maximum absolute atomic E-state index is 12.7. The van der Waals surface area contributed by atoms with E-state index in [0.29, 0.717) is 12.8 Å². The predicted molar refractivity (Wildman–Crippen MR) is 215 cm³/mol. The van der Waals surface area contributed by atoms with Crippen molar-refractivity contribution in [3.8, 4) is 0 Å². The molecule has 12 nitrogen and oxygen atoms in total. The maximum Gasteiger partial charge on any atom is 0.306 e. The van der Waals surface area contributed by atoms with Gasteiger partial charge in [0.05, 0.1) is 6.61 Å². The van der Waals surface area contributed by atoms with E-state index in [9.17, 15) is 37.9 Å². The van der Waals surface area contributed by atoms with Crippen LogP contribution < -0.4 is 0 Å². The molecule has 1 heterocycles. The van der Waals surface area contributed by atoms with Crippen LogP contribution in [0.15, 0.2) is 60.8 Å². The van der Waals surface area contributed by atoms with Crippen molar-refractivity contribution in [3.05, 3.63) is 60.8 Å². The van der Waals surface area contributed by atoms with Gasteiger partial charge in [-0.3, -0.25) is 14.1 Å². The number of aliphatic hydroxyl groups is 3. The lowest BCUT2D eigenvalue weighted by atomic mass is 10.00. The topological polar surface area (TPSA) is 186 Å². The molecule has 0 aliphatic carbocycles. The van der Waals surface area contributed by atoms with Crippen molar-refractivity contribution in [2.75, 3.05) is 19.0 Å². The normalized spacial score (nSPS) is 21.5. The minimum absolute atomic E-state index is 0.108. The largest absolute Gasteiger partial charge is 0.462 e. The summed E-state index contributed by atoms with van der Waals surface area (Å²) in [5, 5.41) is 30.8. The third-order valence-corrected chi connectivity index (χ3v) is 9.58. The summed E-state index contributed by atoms with van der Waals surface area (Å²) in [6, 6.07) is 0. The van der Waals surface area contributed by atoms with Gasteiger partial charge in [0.25, 0.3) is 10.1 Å². The van der Waals surface area contributed by atoms with E-state index < -0.39 is 71.2 Å². The highest BCUT2D eigenvalue weighted by Gasteiger charge is 2.46. The Kier molecular flexibility index (Phi) is 29.7. The van der Waals surface area contributed by atoms with Crippen molar-refractivity contribution in [3.63, 3.8) is 0 Å². The zero-order chi connectivity index (χ0) is 40.6. The smallest absolute Gasteiger partial charge is 0.306 e. The SMILES string of the molecule is CC/C=C\C/C=C\C/C=C\C/C=C\CCCCC(=O)OC(COC(=O)CCCCCCC/C=C\CCCCC)COC1OC(CS(=O)(=O)O)C(O)C(O)C1O. The van der Waals surface area contributed by atoms with E-state index in [1.54, 1.807) is 0 Å². The Labute approximate surface area is 330 Å². The summed E-state index contributed by atoms with van der Waals surface area (Å²) in [5.41, 5.74) is 0. The van der Waals surface area contributed by atoms with Gasteiger partial charge in [0.15, 0.2) is 12.4 Å². The molecule has 0 bridgehead atoms. The van der Waals surface area contributed by atoms with Gasteiger partial charge in [-0.2, -0.15) is 8.42 Å². The summed E-state index contributed by atoms with van der Waals surface area (Å²) < 4.78 is 53.8. The molecule has 316 valence electrons. The lowest BCUT2D eigenvalue weighted by Gasteiger charge is -2.40. The maximum atomic E-state index is 12.7. The van der Waals surface area contributed by atoms with Gasteiger partial charge in [-0.15, -0.1) is 0 Å². The Morgan fingerprint density at radius 2 is 1.15 bits per heavy atom. The van der Waals surface area contributed by atoms with Crippen molar-refractivity contribution in [1.82, 2.24) is 0 Å². The van der Waals surface area contributed by atoms with E-state index in [4.69, 9.17) is 18.9 Å². The molecular formula is C42H70O12S. The molecular weight excluding hydrogens is 729 g/mol. The second-order valence-electron chi connectivity index (χ2n) is 13.9. The van der Waals surface area contributed by atoms with E-state index in [1.165, 1.54) is 19.3 Å². The van der Waals surface area contributed by atoms with Crippen LogP contribution in [0, 0.1) is 0 Å². The second kappa shape index (κ2) is 32.4. The van der Waals surface area contributed by atoms with Crippen molar-refractivity contribution in [2.24, 2.45) is 0 Å². The number of hydrogen-bond donors (Lipinski definition) is 4. The van der Waals surface area contributed by atoms with Gasteiger partial charge in [0.1, 0.15) is 36.8 Å². The lowest BCUT2D eigenvalue weighted by Crippen LogP contribution is -2.60. The molecule has 0 amide bonds. The Morgan fingerprint density at radius 1 is 0.636 bits per heavy atom. The molecule has 6 unspecified atom stereocenters. The quantitative estimate of drug-likeness (QED) is 0.0229. The summed E-state index contributed by atoms with van der Waals surface area (Å²) in [6.45, 7) is 3.54. The average molecular weight is 799 g/mol. The first-order chi connectivity index (χ1) is 26.5. The third kappa shape index (κ3) is 27.6. The minimum atomic E-state index is -4.61. The van der Waals surface area contributed by atoms with Crippen LogP contribution in [0.3, 0.4) is 0 Å². The van der Waals surface area contributed by atoms with Crippen molar-refractivity contribution >= 4 is 22.1 Å². The highest BCUT2D eigenvalue weighted by Crippen LogP contribution is 2.24. The van der Waals surface area contributed by atoms with Gasteiger partial charge in [-0.25, -0.2) is 0 Å². The molecule has 0 saturated carbocycles. The fraction of sp³-hybridized carbons (Fsp3) is 0.714. The molecule has 0 spiro atoms. The van der Waals surface area contributed by atoms with Crippen LogP contribution in [0.25, 0.3) is 0 Å². The van der Waals surface area contributed by atoms with Gasteiger partial charge in [0, 0.05) is 12.8 Å². The van der Waals surface area contributed by atoms with E-state index in [1.807, 2.05) is 0 Å².